The molecule has 0 saturated carbocycles. The summed E-state index contributed by atoms with van der Waals surface area (Å²) >= 11 is 0. The Morgan fingerprint density at radius 2 is 2.00 bits per heavy atom. The van der Waals surface area contributed by atoms with E-state index in [1.54, 1.807) is 0 Å². The van der Waals surface area contributed by atoms with Crippen LogP contribution in [0.1, 0.15) is 37.8 Å². The number of benzene rings is 1. The van der Waals surface area contributed by atoms with Gasteiger partial charge in [0.1, 0.15) is 0 Å². The fraction of sp³-hybridized carbons (Fsp3) is 0.357. The zero-order chi connectivity index (χ0) is 10.8. The molecule has 0 aliphatic heterocycles. The second kappa shape index (κ2) is 4.01. The molecule has 2 aromatic rings. The minimum absolute atomic E-state index is 0.558. The summed E-state index contributed by atoms with van der Waals surface area (Å²) in [7, 11) is 0. The largest absolute Gasteiger partial charge is 0.256 e. The first-order valence-electron chi connectivity index (χ1n) is 5.60. The third-order valence-corrected chi connectivity index (χ3v) is 2.87. The highest BCUT2D eigenvalue weighted by molar-refractivity contribution is 5.83. The van der Waals surface area contributed by atoms with E-state index in [-0.39, 0.29) is 0 Å². The van der Waals surface area contributed by atoms with Gasteiger partial charge >= 0.3 is 0 Å². The van der Waals surface area contributed by atoms with Crippen LogP contribution >= 0.6 is 0 Å². The van der Waals surface area contributed by atoms with E-state index in [2.05, 4.69) is 50.0 Å². The Bertz CT molecular complexity index is 472. The first kappa shape index (κ1) is 10.2. The van der Waals surface area contributed by atoms with Crippen LogP contribution in [0.5, 0.6) is 0 Å². The summed E-state index contributed by atoms with van der Waals surface area (Å²) in [6, 6.07) is 8.73. The molecule has 1 nitrogen and oxygen atoms in total. The molecule has 0 amide bonds. The van der Waals surface area contributed by atoms with Crippen LogP contribution in [0.25, 0.3) is 10.9 Å². The Kier molecular flexibility index (Phi) is 2.72. The number of fused-ring (bicyclic) bond motifs is 1. The normalized spacial score (nSPS) is 11.2. The fourth-order valence-corrected chi connectivity index (χ4v) is 1.94. The number of pyridine rings is 1. The van der Waals surface area contributed by atoms with E-state index >= 15 is 0 Å². The number of aryl methyl sites for hydroxylation is 1. The lowest BCUT2D eigenvalue weighted by atomic mass is 9.98. The van der Waals surface area contributed by atoms with Gasteiger partial charge in [0.2, 0.25) is 0 Å². The van der Waals surface area contributed by atoms with Crippen molar-refractivity contribution in [1.82, 2.24) is 4.98 Å². The molecule has 0 aliphatic carbocycles. The van der Waals surface area contributed by atoms with Gasteiger partial charge in [-0.05, 0) is 35.6 Å². The van der Waals surface area contributed by atoms with Gasteiger partial charge in [0.15, 0.2) is 0 Å². The van der Waals surface area contributed by atoms with Crippen LogP contribution in [0.4, 0.5) is 0 Å². The third-order valence-electron chi connectivity index (χ3n) is 2.87. The SMILES string of the molecule is CCc1ccc2c(C(C)C)ccnc2c1. The summed E-state index contributed by atoms with van der Waals surface area (Å²) in [6.07, 6.45) is 2.99. The molecule has 1 aromatic heterocycles. The van der Waals surface area contributed by atoms with E-state index in [0.717, 1.165) is 11.9 Å². The Hall–Kier alpha value is -1.37. The molecule has 0 radical (unpaired) electrons. The van der Waals surface area contributed by atoms with Crippen LogP contribution in [-0.2, 0) is 6.42 Å². The first-order chi connectivity index (χ1) is 7.22. The van der Waals surface area contributed by atoms with Gasteiger partial charge in [0, 0.05) is 11.6 Å². The number of hydrogen-bond donors (Lipinski definition) is 0. The van der Waals surface area contributed by atoms with Crippen molar-refractivity contribution in [1.29, 1.82) is 0 Å². The highest BCUT2D eigenvalue weighted by Gasteiger charge is 2.05. The molecule has 0 unspecified atom stereocenters. The van der Waals surface area contributed by atoms with Crippen molar-refractivity contribution < 1.29 is 0 Å². The van der Waals surface area contributed by atoms with Gasteiger partial charge in [-0.25, -0.2) is 0 Å². The molecule has 0 N–H and O–H groups in total. The lowest BCUT2D eigenvalue weighted by Crippen LogP contribution is -1.92. The highest BCUT2D eigenvalue weighted by Crippen LogP contribution is 2.24. The van der Waals surface area contributed by atoms with Gasteiger partial charge in [-0.1, -0.05) is 32.9 Å². The van der Waals surface area contributed by atoms with Crippen LogP contribution in [0.2, 0.25) is 0 Å². The average molecular weight is 199 g/mol. The molecule has 0 atom stereocenters. The molecule has 15 heavy (non-hydrogen) atoms. The highest BCUT2D eigenvalue weighted by atomic mass is 14.6. The quantitative estimate of drug-likeness (QED) is 0.714. The van der Waals surface area contributed by atoms with Crippen molar-refractivity contribution >= 4 is 10.9 Å². The van der Waals surface area contributed by atoms with Crippen LogP contribution in [0, 0.1) is 0 Å². The number of hydrogen-bond acceptors (Lipinski definition) is 1. The zero-order valence-corrected chi connectivity index (χ0v) is 9.62. The van der Waals surface area contributed by atoms with Crippen LogP contribution < -0.4 is 0 Å². The molecule has 0 saturated heterocycles. The Labute approximate surface area is 91.2 Å². The molecule has 0 aliphatic rings. The van der Waals surface area contributed by atoms with Crippen LogP contribution in [0.3, 0.4) is 0 Å². The molecule has 1 heteroatoms. The van der Waals surface area contributed by atoms with Crippen molar-refractivity contribution in [3.8, 4) is 0 Å². The van der Waals surface area contributed by atoms with Crippen molar-refractivity contribution in [2.45, 2.75) is 33.1 Å². The van der Waals surface area contributed by atoms with Crippen LogP contribution in [-0.4, -0.2) is 4.98 Å². The molecule has 2 rings (SSSR count). The van der Waals surface area contributed by atoms with Crippen molar-refractivity contribution in [2.24, 2.45) is 0 Å². The molecule has 78 valence electrons. The van der Waals surface area contributed by atoms with E-state index in [4.69, 9.17) is 0 Å². The number of nitrogens with zero attached hydrogens (tertiary/aromatic N) is 1. The molecule has 1 aromatic carbocycles. The van der Waals surface area contributed by atoms with Gasteiger partial charge in [-0.15, -0.1) is 0 Å². The van der Waals surface area contributed by atoms with Crippen molar-refractivity contribution in [2.75, 3.05) is 0 Å². The van der Waals surface area contributed by atoms with Gasteiger partial charge in [-0.2, -0.15) is 0 Å². The molecule has 0 spiro atoms. The number of rotatable bonds is 2. The molecule has 1 heterocycles. The minimum atomic E-state index is 0.558. The van der Waals surface area contributed by atoms with Gasteiger partial charge in [0.25, 0.3) is 0 Å². The maximum absolute atomic E-state index is 4.43. The smallest absolute Gasteiger partial charge is 0.0707 e. The minimum Gasteiger partial charge on any atom is -0.256 e. The Balaban J connectivity index is 2.67. The monoisotopic (exact) mass is 199 g/mol. The second-order valence-corrected chi connectivity index (χ2v) is 4.26. The topological polar surface area (TPSA) is 12.9 Å². The van der Waals surface area contributed by atoms with E-state index in [1.165, 1.54) is 16.5 Å². The summed E-state index contributed by atoms with van der Waals surface area (Å²) in [6.45, 7) is 6.62. The van der Waals surface area contributed by atoms with E-state index in [1.807, 2.05) is 6.20 Å². The maximum Gasteiger partial charge on any atom is 0.0707 e. The first-order valence-corrected chi connectivity index (χ1v) is 5.60. The predicted octanol–water partition coefficient (Wildman–Crippen LogP) is 3.92. The van der Waals surface area contributed by atoms with E-state index < -0.39 is 0 Å². The fourth-order valence-electron chi connectivity index (χ4n) is 1.94. The van der Waals surface area contributed by atoms with E-state index in [0.29, 0.717) is 5.92 Å². The summed E-state index contributed by atoms with van der Waals surface area (Å²) in [5.74, 6) is 0.558. The van der Waals surface area contributed by atoms with E-state index in [9.17, 15) is 0 Å². The average Bonchev–Trinajstić information content (AvgIpc) is 2.27. The lowest BCUT2D eigenvalue weighted by molar-refractivity contribution is 0.874. The summed E-state index contributed by atoms with van der Waals surface area (Å²) in [5, 5.41) is 1.30. The molecular formula is C14H17N. The maximum atomic E-state index is 4.43. The summed E-state index contributed by atoms with van der Waals surface area (Å²) < 4.78 is 0. The number of aromatic nitrogens is 1. The predicted molar refractivity (Wildman–Crippen MR) is 65.2 cm³/mol. The standard InChI is InChI=1S/C14H17N/c1-4-11-5-6-13-12(10(2)3)7-8-15-14(13)9-11/h5-10H,4H2,1-3H3. The van der Waals surface area contributed by atoms with Gasteiger partial charge in [0.05, 0.1) is 5.52 Å². The lowest BCUT2D eigenvalue weighted by Gasteiger charge is -2.09. The third kappa shape index (κ3) is 1.87. The van der Waals surface area contributed by atoms with Gasteiger partial charge < -0.3 is 0 Å². The molecular weight excluding hydrogens is 182 g/mol. The molecule has 0 fully saturated rings. The van der Waals surface area contributed by atoms with Crippen LogP contribution in [0.15, 0.2) is 30.5 Å². The Morgan fingerprint density at radius 1 is 1.20 bits per heavy atom. The zero-order valence-electron chi connectivity index (χ0n) is 9.62. The summed E-state index contributed by atoms with van der Waals surface area (Å²) in [5.41, 5.74) is 3.87. The van der Waals surface area contributed by atoms with Crippen molar-refractivity contribution in [3.05, 3.63) is 41.6 Å². The van der Waals surface area contributed by atoms with Crippen molar-refractivity contribution in [3.63, 3.8) is 0 Å². The summed E-state index contributed by atoms with van der Waals surface area (Å²) in [4.78, 5) is 4.43. The van der Waals surface area contributed by atoms with Gasteiger partial charge in [-0.3, -0.25) is 4.98 Å². The Morgan fingerprint density at radius 3 is 2.67 bits per heavy atom. The second-order valence-electron chi connectivity index (χ2n) is 4.26. The molecule has 0 bridgehead atoms.